The minimum Gasteiger partial charge on any atom is -0.444 e. The molecule has 40 heavy (non-hydrogen) atoms. The third-order valence-corrected chi connectivity index (χ3v) is 8.00. The number of alkyl carbamates (subject to hydrolysis) is 1. The van der Waals surface area contributed by atoms with E-state index in [0.717, 1.165) is 44.9 Å². The van der Waals surface area contributed by atoms with Crippen LogP contribution in [0.5, 0.6) is 0 Å². The number of ether oxygens (including phenoxy) is 2. The summed E-state index contributed by atoms with van der Waals surface area (Å²) in [5.74, 6) is 1.69. The van der Waals surface area contributed by atoms with Gasteiger partial charge in [0.2, 0.25) is 5.89 Å². The van der Waals surface area contributed by atoms with Crippen molar-refractivity contribution in [2.75, 3.05) is 6.54 Å². The zero-order chi connectivity index (χ0) is 28.7. The van der Waals surface area contributed by atoms with Gasteiger partial charge in [0.25, 0.3) is 0 Å². The van der Waals surface area contributed by atoms with Gasteiger partial charge in [-0.15, -0.1) is 0 Å². The third-order valence-electron chi connectivity index (χ3n) is 8.00. The first kappa shape index (κ1) is 28.4. The summed E-state index contributed by atoms with van der Waals surface area (Å²) < 4.78 is 17.1. The molecule has 4 atom stereocenters. The molecule has 3 aliphatic rings. The summed E-state index contributed by atoms with van der Waals surface area (Å²) in [5, 5.41) is 7.44. The number of carbonyl (C=O) groups excluding carboxylic acids is 2. The van der Waals surface area contributed by atoms with E-state index >= 15 is 0 Å². The standard InChI is InChI=1S/C31H44N4O5/c1-29(2,3)38-27(36)32-22-14-10-13-21(17-22)25-33-26(34-40-25)31(15-16-31)19-35(28(37)39-30(4,5)6)24-18-23(24)20-11-8-7-9-12-20/h7-9,11-12,21-24H,10,13-19H2,1-6H3,(H,32,36)/t21-,22+,23-,24+/m0/s1. The van der Waals surface area contributed by atoms with Crippen LogP contribution in [0.4, 0.5) is 9.59 Å². The zero-order valence-corrected chi connectivity index (χ0v) is 24.7. The summed E-state index contributed by atoms with van der Waals surface area (Å²) >= 11 is 0. The lowest BCUT2D eigenvalue weighted by molar-refractivity contribution is 0.0208. The van der Waals surface area contributed by atoms with Gasteiger partial charge in [0, 0.05) is 30.5 Å². The van der Waals surface area contributed by atoms with Crippen LogP contribution >= 0.6 is 0 Å². The summed E-state index contributed by atoms with van der Waals surface area (Å²) in [6, 6.07) is 10.5. The molecule has 0 spiro atoms. The number of rotatable bonds is 7. The smallest absolute Gasteiger partial charge is 0.410 e. The minimum absolute atomic E-state index is 0.00582. The quantitative estimate of drug-likeness (QED) is 0.421. The van der Waals surface area contributed by atoms with Gasteiger partial charge >= 0.3 is 12.2 Å². The second kappa shape index (κ2) is 10.7. The highest BCUT2D eigenvalue weighted by Gasteiger charge is 2.55. The maximum atomic E-state index is 13.4. The molecule has 218 valence electrons. The SMILES string of the molecule is CC(C)(C)OC(=O)N[C@@H]1CCC[C@H](c2nc(C3(CN(C(=O)OC(C)(C)C)[C@@H]4C[C@H]4c4ccccc4)CC3)no2)C1. The zero-order valence-electron chi connectivity index (χ0n) is 24.7. The van der Waals surface area contributed by atoms with Gasteiger partial charge in [-0.25, -0.2) is 9.59 Å². The fourth-order valence-corrected chi connectivity index (χ4v) is 5.79. The lowest BCUT2D eigenvalue weighted by Crippen LogP contribution is -2.43. The van der Waals surface area contributed by atoms with Gasteiger partial charge in [0.05, 0.1) is 5.41 Å². The Labute approximate surface area is 237 Å². The molecular formula is C31H44N4O5. The molecule has 0 bridgehead atoms. The van der Waals surface area contributed by atoms with Gasteiger partial charge in [0.1, 0.15) is 11.2 Å². The lowest BCUT2D eigenvalue weighted by atomic mass is 9.85. The van der Waals surface area contributed by atoms with Crippen LogP contribution in [0, 0.1) is 0 Å². The first-order chi connectivity index (χ1) is 18.8. The van der Waals surface area contributed by atoms with Gasteiger partial charge in [-0.2, -0.15) is 4.98 Å². The van der Waals surface area contributed by atoms with E-state index in [-0.39, 0.29) is 29.5 Å². The molecule has 3 saturated carbocycles. The third kappa shape index (κ3) is 6.96. The molecule has 0 unspecified atom stereocenters. The van der Waals surface area contributed by atoms with Gasteiger partial charge in [0.15, 0.2) is 5.82 Å². The van der Waals surface area contributed by atoms with Crippen LogP contribution < -0.4 is 5.32 Å². The molecular weight excluding hydrogens is 508 g/mol. The molecule has 9 nitrogen and oxygen atoms in total. The van der Waals surface area contributed by atoms with E-state index in [2.05, 4.69) is 22.6 Å². The molecule has 2 amide bonds. The Morgan fingerprint density at radius 1 is 1.02 bits per heavy atom. The summed E-state index contributed by atoms with van der Waals surface area (Å²) in [7, 11) is 0. The van der Waals surface area contributed by atoms with Crippen molar-refractivity contribution in [2.45, 2.75) is 127 Å². The Bertz CT molecular complexity index is 1190. The van der Waals surface area contributed by atoms with Crippen molar-refractivity contribution in [1.29, 1.82) is 0 Å². The van der Waals surface area contributed by atoms with Gasteiger partial charge in [-0.05, 0) is 85.6 Å². The number of benzene rings is 1. The molecule has 1 aromatic carbocycles. The molecule has 3 aliphatic carbocycles. The molecule has 1 heterocycles. The van der Waals surface area contributed by atoms with Crippen LogP contribution in [0.1, 0.15) is 116 Å². The highest BCUT2D eigenvalue weighted by molar-refractivity contribution is 5.70. The second-order valence-corrected chi connectivity index (χ2v) is 13.9. The average molecular weight is 553 g/mol. The molecule has 0 saturated heterocycles. The predicted octanol–water partition coefficient (Wildman–Crippen LogP) is 6.45. The van der Waals surface area contributed by atoms with E-state index in [9.17, 15) is 9.59 Å². The van der Waals surface area contributed by atoms with Gasteiger partial charge < -0.3 is 24.2 Å². The summed E-state index contributed by atoms with van der Waals surface area (Å²) in [6.45, 7) is 11.8. The first-order valence-electron chi connectivity index (χ1n) is 14.7. The van der Waals surface area contributed by atoms with Crippen LogP contribution in [0.25, 0.3) is 0 Å². The second-order valence-electron chi connectivity index (χ2n) is 13.9. The van der Waals surface area contributed by atoms with Crippen molar-refractivity contribution in [2.24, 2.45) is 0 Å². The van der Waals surface area contributed by atoms with Crippen LogP contribution in [0.2, 0.25) is 0 Å². The lowest BCUT2D eigenvalue weighted by Gasteiger charge is -2.30. The monoisotopic (exact) mass is 552 g/mol. The number of nitrogens with zero attached hydrogens (tertiary/aromatic N) is 3. The van der Waals surface area contributed by atoms with Crippen LogP contribution in [-0.4, -0.2) is 57.1 Å². The van der Waals surface area contributed by atoms with E-state index in [4.69, 9.17) is 19.0 Å². The molecule has 0 radical (unpaired) electrons. The number of amides is 2. The topological polar surface area (TPSA) is 107 Å². The largest absolute Gasteiger partial charge is 0.444 e. The molecule has 5 rings (SSSR count). The fourth-order valence-electron chi connectivity index (χ4n) is 5.79. The predicted molar refractivity (Wildman–Crippen MR) is 150 cm³/mol. The molecule has 3 fully saturated rings. The number of hydrogen-bond acceptors (Lipinski definition) is 7. The molecule has 0 aliphatic heterocycles. The maximum absolute atomic E-state index is 13.4. The highest BCUT2D eigenvalue weighted by Crippen LogP contribution is 2.52. The average Bonchev–Trinajstić information content (AvgIpc) is 3.77. The Hall–Kier alpha value is -3.10. The molecule has 9 heteroatoms. The van der Waals surface area contributed by atoms with E-state index in [1.807, 2.05) is 64.6 Å². The van der Waals surface area contributed by atoms with Crippen molar-refractivity contribution >= 4 is 12.2 Å². The summed E-state index contributed by atoms with van der Waals surface area (Å²) in [5.41, 5.74) is -0.175. The Morgan fingerprint density at radius 3 is 2.38 bits per heavy atom. The number of nitrogens with one attached hydrogen (secondary N) is 1. The van der Waals surface area contributed by atoms with Gasteiger partial charge in [-0.3, -0.25) is 0 Å². The molecule has 2 aromatic rings. The molecule has 1 aromatic heterocycles. The Morgan fingerprint density at radius 2 is 1.73 bits per heavy atom. The van der Waals surface area contributed by atoms with Crippen LogP contribution in [-0.2, 0) is 14.9 Å². The molecule has 1 N–H and O–H groups in total. The van der Waals surface area contributed by atoms with Crippen molar-refractivity contribution in [3.05, 3.63) is 47.6 Å². The highest BCUT2D eigenvalue weighted by atomic mass is 16.6. The van der Waals surface area contributed by atoms with Crippen molar-refractivity contribution in [3.63, 3.8) is 0 Å². The number of hydrogen-bond donors (Lipinski definition) is 1. The van der Waals surface area contributed by atoms with Crippen molar-refractivity contribution < 1.29 is 23.6 Å². The number of carbonyl (C=O) groups is 2. The number of aromatic nitrogens is 2. The summed E-state index contributed by atoms with van der Waals surface area (Å²) in [4.78, 5) is 32.5. The first-order valence-corrected chi connectivity index (χ1v) is 14.7. The van der Waals surface area contributed by atoms with E-state index < -0.39 is 17.3 Å². The van der Waals surface area contributed by atoms with Crippen LogP contribution in [0.3, 0.4) is 0 Å². The normalized spacial score (nSPS) is 25.6. The van der Waals surface area contributed by atoms with Gasteiger partial charge in [-0.1, -0.05) is 41.9 Å². The fraction of sp³-hybridized carbons (Fsp3) is 0.677. The summed E-state index contributed by atoms with van der Waals surface area (Å²) in [6.07, 6.45) is 5.59. The van der Waals surface area contributed by atoms with E-state index in [0.29, 0.717) is 24.2 Å². The Balaban J connectivity index is 1.27. The Kier molecular flexibility index (Phi) is 7.61. The van der Waals surface area contributed by atoms with Crippen LogP contribution in [0.15, 0.2) is 34.9 Å². The van der Waals surface area contributed by atoms with E-state index in [1.165, 1.54) is 5.56 Å². The maximum Gasteiger partial charge on any atom is 0.410 e. The van der Waals surface area contributed by atoms with Crippen molar-refractivity contribution in [1.82, 2.24) is 20.4 Å². The van der Waals surface area contributed by atoms with E-state index in [1.54, 1.807) is 0 Å². The van der Waals surface area contributed by atoms with Crippen molar-refractivity contribution in [3.8, 4) is 0 Å². The minimum atomic E-state index is -0.576.